The summed E-state index contributed by atoms with van der Waals surface area (Å²) in [4.78, 5) is 0. The number of rotatable bonds is 3. The second-order valence-corrected chi connectivity index (χ2v) is 5.59. The Hall–Kier alpha value is -1.02. The van der Waals surface area contributed by atoms with E-state index in [0.29, 0.717) is 6.61 Å². The topological polar surface area (TPSA) is 35.2 Å². The Morgan fingerprint density at radius 1 is 1.31 bits per heavy atom. The number of nitrogen functional groups attached to an aromatic ring is 1. The lowest BCUT2D eigenvalue weighted by molar-refractivity contribution is -0.0149. The maximum absolute atomic E-state index is 6.04. The summed E-state index contributed by atoms with van der Waals surface area (Å²) in [7, 11) is 0. The molecule has 1 fully saturated rings. The van der Waals surface area contributed by atoms with E-state index in [1.165, 1.54) is 24.0 Å². The summed E-state index contributed by atoms with van der Waals surface area (Å²) in [5.74, 6) is 0.724. The summed E-state index contributed by atoms with van der Waals surface area (Å²) in [6, 6.07) is 6.20. The normalized spacial score (nSPS) is 16.4. The SMILES string of the molecule is CC(C)(C)OCc1c(N)cccc1C1CC1. The molecular formula is C14H21NO. The molecule has 0 unspecified atom stereocenters. The average Bonchev–Trinajstić information content (AvgIpc) is 2.97. The molecule has 0 bridgehead atoms. The van der Waals surface area contributed by atoms with Crippen molar-refractivity contribution < 1.29 is 4.74 Å². The van der Waals surface area contributed by atoms with Crippen LogP contribution in [0.5, 0.6) is 0 Å². The first kappa shape index (κ1) is 11.5. The van der Waals surface area contributed by atoms with Gasteiger partial charge >= 0.3 is 0 Å². The van der Waals surface area contributed by atoms with Crippen molar-refractivity contribution in [1.29, 1.82) is 0 Å². The van der Waals surface area contributed by atoms with Gasteiger partial charge in [-0.1, -0.05) is 12.1 Å². The van der Waals surface area contributed by atoms with Crippen LogP contribution in [0.3, 0.4) is 0 Å². The van der Waals surface area contributed by atoms with Crippen LogP contribution >= 0.6 is 0 Å². The fourth-order valence-corrected chi connectivity index (χ4v) is 1.86. The zero-order chi connectivity index (χ0) is 11.8. The van der Waals surface area contributed by atoms with E-state index in [0.717, 1.165) is 11.6 Å². The number of ether oxygens (including phenoxy) is 1. The first-order chi connectivity index (χ1) is 7.47. The summed E-state index contributed by atoms with van der Waals surface area (Å²) in [6.07, 6.45) is 2.60. The molecule has 2 rings (SSSR count). The van der Waals surface area contributed by atoms with Gasteiger partial charge in [0.25, 0.3) is 0 Å². The van der Waals surface area contributed by atoms with E-state index in [-0.39, 0.29) is 5.60 Å². The fourth-order valence-electron chi connectivity index (χ4n) is 1.86. The molecule has 0 saturated heterocycles. The van der Waals surface area contributed by atoms with E-state index in [1.807, 2.05) is 12.1 Å². The van der Waals surface area contributed by atoms with Crippen molar-refractivity contribution in [3.63, 3.8) is 0 Å². The molecule has 0 heterocycles. The zero-order valence-corrected chi connectivity index (χ0v) is 10.4. The number of nitrogens with two attached hydrogens (primary N) is 1. The highest BCUT2D eigenvalue weighted by Gasteiger charge is 2.27. The molecule has 0 amide bonds. The van der Waals surface area contributed by atoms with Crippen molar-refractivity contribution in [3.8, 4) is 0 Å². The molecule has 2 N–H and O–H groups in total. The predicted octanol–water partition coefficient (Wildman–Crippen LogP) is 3.46. The van der Waals surface area contributed by atoms with E-state index in [9.17, 15) is 0 Å². The lowest BCUT2D eigenvalue weighted by Gasteiger charge is -2.21. The predicted molar refractivity (Wildman–Crippen MR) is 67.4 cm³/mol. The Labute approximate surface area is 97.8 Å². The van der Waals surface area contributed by atoms with Gasteiger partial charge in [-0.25, -0.2) is 0 Å². The highest BCUT2D eigenvalue weighted by atomic mass is 16.5. The molecule has 0 aromatic heterocycles. The van der Waals surface area contributed by atoms with Crippen LogP contribution in [0.2, 0.25) is 0 Å². The molecule has 1 aliphatic rings. The summed E-state index contributed by atoms with van der Waals surface area (Å²) >= 11 is 0. The van der Waals surface area contributed by atoms with Crippen LogP contribution in [-0.4, -0.2) is 5.60 Å². The molecule has 0 atom stereocenters. The van der Waals surface area contributed by atoms with Gasteiger partial charge in [0.2, 0.25) is 0 Å². The number of anilines is 1. The van der Waals surface area contributed by atoms with Crippen molar-refractivity contribution >= 4 is 5.69 Å². The number of hydrogen-bond acceptors (Lipinski definition) is 2. The minimum Gasteiger partial charge on any atom is -0.398 e. The monoisotopic (exact) mass is 219 g/mol. The molecule has 16 heavy (non-hydrogen) atoms. The summed E-state index contributed by atoms with van der Waals surface area (Å²) in [6.45, 7) is 6.84. The molecule has 1 aliphatic carbocycles. The Morgan fingerprint density at radius 3 is 2.56 bits per heavy atom. The molecule has 1 aromatic carbocycles. The van der Waals surface area contributed by atoms with Gasteiger partial charge in [-0.2, -0.15) is 0 Å². The van der Waals surface area contributed by atoms with E-state index < -0.39 is 0 Å². The number of hydrogen-bond donors (Lipinski definition) is 1. The van der Waals surface area contributed by atoms with Crippen LogP contribution < -0.4 is 5.73 Å². The Kier molecular flexibility index (Phi) is 2.94. The van der Waals surface area contributed by atoms with E-state index in [4.69, 9.17) is 10.5 Å². The largest absolute Gasteiger partial charge is 0.398 e. The third-order valence-corrected chi connectivity index (χ3v) is 2.92. The zero-order valence-electron chi connectivity index (χ0n) is 10.4. The van der Waals surface area contributed by atoms with Crippen molar-refractivity contribution in [2.45, 2.75) is 51.7 Å². The maximum atomic E-state index is 6.04. The molecule has 0 spiro atoms. The highest BCUT2D eigenvalue weighted by Crippen LogP contribution is 2.43. The summed E-state index contributed by atoms with van der Waals surface area (Å²) in [5.41, 5.74) is 9.38. The lowest BCUT2D eigenvalue weighted by atomic mass is 10.0. The molecule has 1 aromatic rings. The standard InChI is InChI=1S/C14H21NO/c1-14(2,3)16-9-12-11(10-7-8-10)5-4-6-13(12)15/h4-6,10H,7-9,15H2,1-3H3. The van der Waals surface area contributed by atoms with Crippen LogP contribution in [0.4, 0.5) is 5.69 Å². The molecular weight excluding hydrogens is 198 g/mol. The van der Waals surface area contributed by atoms with Crippen molar-refractivity contribution in [2.75, 3.05) is 5.73 Å². The van der Waals surface area contributed by atoms with E-state index in [2.05, 4.69) is 26.8 Å². The average molecular weight is 219 g/mol. The van der Waals surface area contributed by atoms with Gasteiger partial charge in [-0.05, 0) is 51.2 Å². The fraction of sp³-hybridized carbons (Fsp3) is 0.571. The molecule has 0 aliphatic heterocycles. The number of benzene rings is 1. The minimum atomic E-state index is -0.108. The van der Waals surface area contributed by atoms with E-state index >= 15 is 0 Å². The smallest absolute Gasteiger partial charge is 0.0746 e. The first-order valence-corrected chi connectivity index (χ1v) is 5.98. The van der Waals surface area contributed by atoms with E-state index in [1.54, 1.807) is 0 Å². The minimum absolute atomic E-state index is 0.108. The molecule has 2 heteroatoms. The molecule has 0 radical (unpaired) electrons. The highest BCUT2D eigenvalue weighted by molar-refractivity contribution is 5.52. The van der Waals surface area contributed by atoms with Gasteiger partial charge in [-0.15, -0.1) is 0 Å². The van der Waals surface area contributed by atoms with Crippen molar-refractivity contribution in [1.82, 2.24) is 0 Å². The van der Waals surface area contributed by atoms with Crippen LogP contribution in [0.15, 0.2) is 18.2 Å². The maximum Gasteiger partial charge on any atom is 0.0746 e. The Morgan fingerprint density at radius 2 is 2.00 bits per heavy atom. The third-order valence-electron chi connectivity index (χ3n) is 2.92. The van der Waals surface area contributed by atoms with Gasteiger partial charge in [0, 0.05) is 11.3 Å². The van der Waals surface area contributed by atoms with Crippen LogP contribution in [0.1, 0.15) is 50.7 Å². The van der Waals surface area contributed by atoms with Gasteiger partial charge in [-0.3, -0.25) is 0 Å². The quantitative estimate of drug-likeness (QED) is 0.790. The van der Waals surface area contributed by atoms with Gasteiger partial charge < -0.3 is 10.5 Å². The first-order valence-electron chi connectivity index (χ1n) is 5.98. The van der Waals surface area contributed by atoms with Crippen LogP contribution in [0.25, 0.3) is 0 Å². The van der Waals surface area contributed by atoms with Crippen LogP contribution in [0, 0.1) is 0 Å². The van der Waals surface area contributed by atoms with Crippen molar-refractivity contribution in [3.05, 3.63) is 29.3 Å². The van der Waals surface area contributed by atoms with Crippen molar-refractivity contribution in [2.24, 2.45) is 0 Å². The second kappa shape index (κ2) is 4.10. The second-order valence-electron chi connectivity index (χ2n) is 5.59. The summed E-state index contributed by atoms with van der Waals surface area (Å²) in [5, 5.41) is 0. The Bertz CT molecular complexity index is 375. The molecule has 88 valence electrons. The third kappa shape index (κ3) is 2.76. The van der Waals surface area contributed by atoms with Gasteiger partial charge in [0.15, 0.2) is 0 Å². The lowest BCUT2D eigenvalue weighted by Crippen LogP contribution is -2.19. The molecule has 1 saturated carbocycles. The van der Waals surface area contributed by atoms with Gasteiger partial charge in [0.05, 0.1) is 12.2 Å². The van der Waals surface area contributed by atoms with Crippen LogP contribution in [-0.2, 0) is 11.3 Å². The summed E-state index contributed by atoms with van der Waals surface area (Å²) < 4.78 is 5.83. The Balaban J connectivity index is 2.18. The molecule has 2 nitrogen and oxygen atoms in total. The van der Waals surface area contributed by atoms with Gasteiger partial charge in [0.1, 0.15) is 0 Å².